The molecule has 3 radical (unpaired) electrons. The maximum Gasteiger partial charge on any atom is 0.306 e. The van der Waals surface area contributed by atoms with Crippen molar-refractivity contribution in [3.63, 3.8) is 0 Å². The number of fused-ring (bicyclic) bond motifs is 21. The Kier molecular flexibility index (Phi) is 32.6. The average Bonchev–Trinajstić information content (AvgIpc) is 1.60. The van der Waals surface area contributed by atoms with Crippen molar-refractivity contribution in [1.29, 1.82) is 0 Å². The molecule has 6 bridgehead atoms. The van der Waals surface area contributed by atoms with Crippen molar-refractivity contribution in [2.24, 2.45) is 105 Å². The molecule has 24 atom stereocenters. The van der Waals surface area contributed by atoms with Crippen LogP contribution in [0.3, 0.4) is 0 Å². The second-order valence-electron chi connectivity index (χ2n) is 42.6. The van der Waals surface area contributed by atoms with Crippen molar-refractivity contribution in [1.82, 2.24) is 44.6 Å². The van der Waals surface area contributed by atoms with E-state index in [4.69, 9.17) is 72.5 Å². The van der Waals surface area contributed by atoms with Gasteiger partial charge in [0.15, 0.2) is 0 Å². The van der Waals surface area contributed by atoms with Crippen molar-refractivity contribution in [3.05, 3.63) is 71.7 Å². The van der Waals surface area contributed by atoms with E-state index < -0.39 is 70.4 Å². The van der Waals surface area contributed by atoms with Gasteiger partial charge in [-0.1, -0.05) is 140 Å². The molecule has 3 aromatic heterocycles. The zero-order valence-electron chi connectivity index (χ0n) is 79.4. The van der Waals surface area contributed by atoms with Gasteiger partial charge >= 0.3 is 17.9 Å². The maximum atomic E-state index is 14.1. The second-order valence-corrected chi connectivity index (χ2v) is 42.6. The molecule has 132 heavy (non-hydrogen) atoms. The molecule has 711 valence electrons. The molecule has 9 fully saturated rings. The third-order valence-electron chi connectivity index (χ3n) is 31.0. The van der Waals surface area contributed by atoms with Crippen LogP contribution >= 0.6 is 0 Å². The minimum Gasteiger partial charge on any atom is -0.540 e. The van der Waals surface area contributed by atoms with Gasteiger partial charge < -0.3 is 71.7 Å². The fourth-order valence-corrected chi connectivity index (χ4v) is 22.8. The van der Waals surface area contributed by atoms with Crippen LogP contribution in [0.15, 0.2) is 54.6 Å². The molecular formula is C102H132N9O18V3-3. The standard InChI is InChI=1S/3C34H44N3O6.3V/c2*1-19-28(18-38)37-17-30(19)43-32-26(35-25-12-11-21(41-5)15-27(25)36-32)10-8-6-7-9-22-23-13-20(23)14-29(22)42-31(39)16-24(33(37)40)34(2,3)4;1-19-28(18-38)37-17-29(19)42-32-26(35-25-12-11-22(41-5)15-27(25)36-32)10-8-6-7-9-20-13-21-14-23(21)31(20)43-30(39)16-24(33(37)40)34(2,3)4;;;/h2*11-12,15,19-20,22-24,28-30H,6-10,13-14,16-17H2,1-5H3;11-12,15,19-21,23-24,28-29,31H,6-10,13-14,16-17H2,1-5H3;;;/q3*-1;;;/t19-,20+,22+,23+,24+,28+,29+,30-;19-,20-,22+,23-,24+,28+,29+,30-;19-,20+,21+,23-,24+,28+,29-,31-;;;/m000.../s1. The number of ether oxygens (including phenoxy) is 9. The smallest absolute Gasteiger partial charge is 0.306 e. The van der Waals surface area contributed by atoms with E-state index in [1.165, 1.54) is 12.8 Å². The van der Waals surface area contributed by atoms with Crippen LogP contribution in [0.2, 0.25) is 0 Å². The number of benzene rings is 3. The number of methoxy groups -OCH3 is 3. The van der Waals surface area contributed by atoms with Gasteiger partial charge in [-0.25, -0.2) is 48.8 Å². The predicted octanol–water partition coefficient (Wildman–Crippen LogP) is 15.2. The minimum absolute atomic E-state index is 0. The quantitative estimate of drug-likeness (QED) is 0.0849. The number of esters is 3. The molecule has 6 aromatic rings. The summed E-state index contributed by atoms with van der Waals surface area (Å²) in [5.41, 5.74) is 5.09. The fourth-order valence-electron chi connectivity index (χ4n) is 22.8. The summed E-state index contributed by atoms with van der Waals surface area (Å²) in [6.07, 6.45) is 25.5. The van der Waals surface area contributed by atoms with Gasteiger partial charge in [0.2, 0.25) is 35.4 Å². The van der Waals surface area contributed by atoms with Crippen LogP contribution in [0, 0.1) is 105 Å². The summed E-state index contributed by atoms with van der Waals surface area (Å²) in [6, 6.07) is 14.5. The Morgan fingerprint density at radius 1 is 0.341 bits per heavy atom. The monoisotopic (exact) mass is 1920 g/mol. The first kappa shape index (κ1) is 101. The van der Waals surface area contributed by atoms with E-state index in [1.54, 1.807) is 36.0 Å². The SMILES string of the molecule is COc1ccc2nc3c(nc2c1)O[C@H]1CN(C(=O)[C@H](C(C)(C)C)CC(=O)O[C@@H]2C[C@@H]4C[C@@H]4[C@H]2CCCCC3)[C@H]([C-]=O)[C@@H]1C.COc1ccc2nc3c(nc2c1)O[C@H]1CN(C(=O)[C@H](C(C)(C)C)CC(=O)O[C@@H]2C[C@H]4C[C@H]4[C@H]2CCCCC3)[C@H]([C-]=O)[C@@H]1C.COc1ccc2nc3c(nc2c1)O[C@H]1CN(C(=O)[C@H](C(C)(C)C)CC(=O)O[C@H]2[C@H](CCCCC3)C[C@@H]3C[C@@H]32)[C@H]([C-]=O)[C@@H]1C.[V].[V].[V]. The Balaban J connectivity index is 0.000000166. The van der Waals surface area contributed by atoms with Crippen LogP contribution < -0.4 is 28.4 Å². The molecule has 0 unspecified atom stereocenters. The number of aromatic nitrogens is 6. The molecule has 3 saturated heterocycles. The summed E-state index contributed by atoms with van der Waals surface area (Å²) in [6.45, 7) is 23.9. The molecule has 0 N–H and O–H groups in total. The number of amides is 3. The second kappa shape index (κ2) is 42.4. The normalized spacial score (nSPS) is 32.6. The van der Waals surface area contributed by atoms with E-state index in [2.05, 4.69) is 18.9 Å². The first-order chi connectivity index (χ1) is 61.7. The number of hydrogen-bond donors (Lipinski definition) is 0. The van der Waals surface area contributed by atoms with Gasteiger partial charge in [-0.3, -0.25) is 28.8 Å². The van der Waals surface area contributed by atoms with Crippen LogP contribution in [0.25, 0.3) is 33.1 Å². The molecule has 30 heteroatoms. The number of rotatable bonds is 6. The molecule has 0 spiro atoms. The first-order valence-electron chi connectivity index (χ1n) is 47.9. The first-order valence-corrected chi connectivity index (χ1v) is 47.9. The van der Waals surface area contributed by atoms with Gasteiger partial charge in [-0.2, -0.15) is 0 Å². The largest absolute Gasteiger partial charge is 0.540 e. The molecule has 27 nitrogen and oxygen atoms in total. The van der Waals surface area contributed by atoms with E-state index in [9.17, 15) is 43.2 Å². The number of nitrogens with zero attached hydrogens (tertiary/aromatic N) is 9. The van der Waals surface area contributed by atoms with E-state index in [0.29, 0.717) is 124 Å². The third kappa shape index (κ3) is 22.3. The number of hydrogen-bond acceptors (Lipinski definition) is 24. The summed E-state index contributed by atoms with van der Waals surface area (Å²) >= 11 is 0. The Morgan fingerprint density at radius 2 is 0.652 bits per heavy atom. The van der Waals surface area contributed by atoms with Crippen LogP contribution in [0.4, 0.5) is 0 Å². The van der Waals surface area contributed by atoms with Crippen molar-refractivity contribution in [2.75, 3.05) is 41.0 Å². The van der Waals surface area contributed by atoms with Crippen molar-refractivity contribution < 1.29 is 141 Å². The zero-order valence-corrected chi connectivity index (χ0v) is 83.5. The summed E-state index contributed by atoms with van der Waals surface area (Å²) in [5.74, 6) is 3.70. The maximum absolute atomic E-state index is 14.1. The number of carbonyl (C=O) groups excluding carboxylic acids is 9. The van der Waals surface area contributed by atoms with E-state index >= 15 is 0 Å². The van der Waals surface area contributed by atoms with Crippen LogP contribution in [0.1, 0.15) is 235 Å². The van der Waals surface area contributed by atoms with Gasteiger partial charge in [-0.05, 0) is 220 Å². The minimum atomic E-state index is -0.788. The molecule has 6 aliphatic carbocycles. The zero-order chi connectivity index (χ0) is 91.4. The van der Waals surface area contributed by atoms with Gasteiger partial charge in [0.1, 0.15) is 71.0 Å². The Morgan fingerprint density at radius 3 is 0.970 bits per heavy atom. The topological polar surface area (TPSA) is 324 Å². The number of aryl methyl sites for hydroxylation is 3. The molecule has 3 amide bonds. The van der Waals surface area contributed by atoms with Crippen LogP contribution in [0.5, 0.6) is 34.9 Å². The summed E-state index contributed by atoms with van der Waals surface area (Å²) in [4.78, 5) is 153. The van der Waals surface area contributed by atoms with E-state index in [-0.39, 0.29) is 166 Å². The van der Waals surface area contributed by atoms with Gasteiger partial charge in [0, 0.05) is 73.9 Å². The number of carbonyl (C=O) groups is 6. The molecular weight excluding hydrogens is 1790 g/mol. The summed E-state index contributed by atoms with van der Waals surface area (Å²) in [5, 5.41) is 0. The van der Waals surface area contributed by atoms with Crippen molar-refractivity contribution in [3.8, 4) is 34.9 Å². The van der Waals surface area contributed by atoms with Crippen molar-refractivity contribution >= 4 is 87.6 Å². The Labute approximate surface area is 812 Å². The molecule has 6 aliphatic heterocycles. The molecule has 12 aliphatic rings. The fraction of sp³-hybridized carbons (Fsp3) is 0.676. The van der Waals surface area contributed by atoms with Crippen molar-refractivity contribution in [2.45, 2.75) is 292 Å². The molecule has 3 aromatic carbocycles. The summed E-state index contributed by atoms with van der Waals surface area (Å²) in [7, 11) is 4.84. The average molecular weight is 1930 g/mol. The molecule has 18 rings (SSSR count). The molecule has 6 saturated carbocycles. The summed E-state index contributed by atoms with van der Waals surface area (Å²) < 4.78 is 54.3. The third-order valence-corrected chi connectivity index (χ3v) is 31.0. The van der Waals surface area contributed by atoms with Gasteiger partial charge in [-0.15, -0.1) is 0 Å². The van der Waals surface area contributed by atoms with E-state index in [0.717, 1.165) is 136 Å². The predicted molar refractivity (Wildman–Crippen MR) is 481 cm³/mol. The van der Waals surface area contributed by atoms with Crippen LogP contribution in [-0.2, 0) is 132 Å². The Bertz CT molecular complexity index is 4970. The molecule has 9 heterocycles. The Hall–Kier alpha value is -7.94. The van der Waals surface area contributed by atoms with E-state index in [1.807, 2.05) is 138 Å². The van der Waals surface area contributed by atoms with Gasteiger partial charge in [0.05, 0.1) is 111 Å². The van der Waals surface area contributed by atoms with Gasteiger partial charge in [0.25, 0.3) is 0 Å². The van der Waals surface area contributed by atoms with Crippen LogP contribution in [-0.4, -0.2) is 195 Å².